The van der Waals surface area contributed by atoms with E-state index in [2.05, 4.69) is 35.6 Å². The van der Waals surface area contributed by atoms with Crippen LogP contribution in [0.5, 0.6) is 5.75 Å². The zero-order valence-corrected chi connectivity index (χ0v) is 15.7. The zero-order chi connectivity index (χ0) is 18.8. The van der Waals surface area contributed by atoms with Gasteiger partial charge >= 0.3 is 0 Å². The van der Waals surface area contributed by atoms with E-state index in [4.69, 9.17) is 4.74 Å². The summed E-state index contributed by atoms with van der Waals surface area (Å²) in [5.74, 6) is 1.08. The van der Waals surface area contributed by atoms with Gasteiger partial charge in [0.25, 0.3) is 0 Å². The number of benzene rings is 2. The highest BCUT2D eigenvalue weighted by atomic mass is 16.5. The van der Waals surface area contributed by atoms with Crippen molar-refractivity contribution in [1.82, 2.24) is 5.01 Å². The van der Waals surface area contributed by atoms with Crippen LogP contribution in [0.1, 0.15) is 37.8 Å². The molecule has 0 saturated heterocycles. The van der Waals surface area contributed by atoms with Gasteiger partial charge in [-0.1, -0.05) is 30.3 Å². The average molecular weight is 360 g/mol. The molecule has 1 aliphatic carbocycles. The Morgan fingerprint density at radius 3 is 2.48 bits per heavy atom. The molecule has 4 rings (SSSR count). The average Bonchev–Trinajstić information content (AvgIpc) is 2.70. The minimum Gasteiger partial charge on any atom is -0.497 e. The minimum absolute atomic E-state index is 0.0285. The summed E-state index contributed by atoms with van der Waals surface area (Å²) in [5.41, 5.74) is 8.82. The monoisotopic (exact) mass is 360 g/mol. The molecule has 0 bridgehead atoms. The van der Waals surface area contributed by atoms with Crippen molar-refractivity contribution >= 4 is 11.5 Å². The van der Waals surface area contributed by atoms with Crippen LogP contribution >= 0.6 is 0 Å². The van der Waals surface area contributed by atoms with Crippen molar-refractivity contribution in [3.63, 3.8) is 0 Å². The summed E-state index contributed by atoms with van der Waals surface area (Å²) in [4.78, 5) is 12.5. The number of hydrogen-bond donors (Lipinski definition) is 1. The number of hydrazine groups is 1. The van der Waals surface area contributed by atoms with Crippen LogP contribution < -0.4 is 10.2 Å². The van der Waals surface area contributed by atoms with Crippen molar-refractivity contribution in [3.8, 4) is 5.75 Å². The van der Waals surface area contributed by atoms with Gasteiger partial charge in [-0.25, -0.2) is 0 Å². The lowest BCUT2D eigenvalue weighted by Crippen LogP contribution is -2.39. The topological polar surface area (TPSA) is 41.6 Å². The van der Waals surface area contributed by atoms with E-state index in [1.165, 1.54) is 0 Å². The first-order valence-electron chi connectivity index (χ1n) is 9.37. The van der Waals surface area contributed by atoms with E-state index in [0.717, 1.165) is 46.7 Å². The molecule has 1 atom stereocenters. The van der Waals surface area contributed by atoms with E-state index in [0.29, 0.717) is 6.42 Å². The number of carbonyl (C=O) groups excluding carboxylic acids is 1. The van der Waals surface area contributed by atoms with Crippen LogP contribution in [0.3, 0.4) is 0 Å². The van der Waals surface area contributed by atoms with Crippen LogP contribution in [0.2, 0.25) is 0 Å². The van der Waals surface area contributed by atoms with Gasteiger partial charge in [0, 0.05) is 17.7 Å². The molecule has 2 aromatic carbocycles. The molecule has 0 fully saturated rings. The predicted molar refractivity (Wildman–Crippen MR) is 107 cm³/mol. The number of Topliss-reactive ketones (excluding diaryl/α,β-unsaturated/α-hetero) is 1. The number of nitrogens with one attached hydrogen (secondary N) is 1. The van der Waals surface area contributed by atoms with Crippen LogP contribution in [-0.2, 0) is 4.79 Å². The number of allylic oxidation sites excluding steroid dienone is 3. The lowest BCUT2D eigenvalue weighted by Gasteiger charge is -2.42. The SMILES string of the molecule is COc1ccc(C2C(C)=CC3=C(CCCC3=O)N2Nc2ccccc2)cc1. The van der Waals surface area contributed by atoms with Crippen molar-refractivity contribution in [1.29, 1.82) is 0 Å². The van der Waals surface area contributed by atoms with Gasteiger partial charge in [-0.05, 0) is 61.2 Å². The number of ketones is 1. The molecule has 0 amide bonds. The molecule has 0 radical (unpaired) electrons. The molecular weight excluding hydrogens is 336 g/mol. The van der Waals surface area contributed by atoms with Crippen LogP contribution in [0, 0.1) is 0 Å². The molecule has 27 heavy (non-hydrogen) atoms. The molecule has 0 spiro atoms. The number of hydrogen-bond acceptors (Lipinski definition) is 4. The number of rotatable bonds is 4. The number of carbonyl (C=O) groups is 1. The molecule has 0 aromatic heterocycles. The second-order valence-corrected chi connectivity index (χ2v) is 7.05. The molecule has 0 saturated carbocycles. The molecule has 1 unspecified atom stereocenters. The van der Waals surface area contributed by atoms with E-state index in [1.807, 2.05) is 42.5 Å². The fraction of sp³-hybridized carbons (Fsp3) is 0.261. The van der Waals surface area contributed by atoms with E-state index >= 15 is 0 Å². The third kappa shape index (κ3) is 3.35. The molecule has 138 valence electrons. The first-order chi connectivity index (χ1) is 13.2. The van der Waals surface area contributed by atoms with Crippen molar-refractivity contribution in [3.05, 3.63) is 83.1 Å². The Labute approximate surface area is 160 Å². The summed E-state index contributed by atoms with van der Waals surface area (Å²) in [6.07, 6.45) is 4.51. The van der Waals surface area contributed by atoms with Gasteiger partial charge in [-0.3, -0.25) is 15.2 Å². The van der Waals surface area contributed by atoms with Gasteiger partial charge in [0.05, 0.1) is 18.8 Å². The second kappa shape index (κ2) is 7.31. The van der Waals surface area contributed by atoms with Crippen molar-refractivity contribution in [2.24, 2.45) is 0 Å². The number of nitrogens with zero attached hydrogens (tertiary/aromatic N) is 1. The molecular formula is C23H24N2O2. The zero-order valence-electron chi connectivity index (χ0n) is 15.7. The van der Waals surface area contributed by atoms with E-state index < -0.39 is 0 Å². The van der Waals surface area contributed by atoms with Gasteiger partial charge < -0.3 is 4.74 Å². The molecule has 2 aromatic rings. The number of methoxy groups -OCH3 is 1. The Balaban J connectivity index is 1.77. The van der Waals surface area contributed by atoms with Gasteiger partial charge in [0.2, 0.25) is 0 Å². The number of anilines is 1. The minimum atomic E-state index is 0.0285. The van der Waals surface area contributed by atoms with Crippen LogP contribution in [0.15, 0.2) is 77.5 Å². The van der Waals surface area contributed by atoms with Gasteiger partial charge in [-0.2, -0.15) is 0 Å². The van der Waals surface area contributed by atoms with E-state index in [-0.39, 0.29) is 11.8 Å². The summed E-state index contributed by atoms with van der Waals surface area (Å²) < 4.78 is 5.31. The third-order valence-electron chi connectivity index (χ3n) is 5.24. The van der Waals surface area contributed by atoms with Crippen molar-refractivity contribution < 1.29 is 9.53 Å². The normalized spacial score (nSPS) is 19.5. The molecule has 1 heterocycles. The molecule has 4 nitrogen and oxygen atoms in total. The van der Waals surface area contributed by atoms with Crippen LogP contribution in [-0.4, -0.2) is 17.9 Å². The highest BCUT2D eigenvalue weighted by molar-refractivity contribution is 6.00. The predicted octanol–water partition coefficient (Wildman–Crippen LogP) is 5.03. The van der Waals surface area contributed by atoms with E-state index in [9.17, 15) is 4.79 Å². The number of para-hydroxylation sites is 1. The molecule has 2 aliphatic rings. The fourth-order valence-electron chi connectivity index (χ4n) is 3.91. The molecule has 4 heteroatoms. The first-order valence-corrected chi connectivity index (χ1v) is 9.37. The highest BCUT2D eigenvalue weighted by Crippen LogP contribution is 2.41. The summed E-state index contributed by atoms with van der Waals surface area (Å²) >= 11 is 0. The molecule has 1 aliphatic heterocycles. The first kappa shape index (κ1) is 17.4. The Morgan fingerprint density at radius 2 is 1.78 bits per heavy atom. The summed E-state index contributed by atoms with van der Waals surface area (Å²) in [6.45, 7) is 2.10. The largest absolute Gasteiger partial charge is 0.497 e. The second-order valence-electron chi connectivity index (χ2n) is 7.05. The Morgan fingerprint density at radius 1 is 1.04 bits per heavy atom. The Hall–Kier alpha value is -3.01. The van der Waals surface area contributed by atoms with Crippen LogP contribution in [0.25, 0.3) is 0 Å². The Bertz CT molecular complexity index is 898. The standard InChI is InChI=1S/C23H24N2O2/c1-16-15-20-21(9-6-10-22(20)26)25(24-18-7-4-3-5-8-18)23(16)17-11-13-19(27-2)14-12-17/h3-5,7-8,11-15,23-24H,6,9-10H2,1-2H3. The lowest BCUT2D eigenvalue weighted by atomic mass is 9.86. The van der Waals surface area contributed by atoms with Gasteiger partial charge in [0.15, 0.2) is 5.78 Å². The smallest absolute Gasteiger partial charge is 0.164 e. The summed E-state index contributed by atoms with van der Waals surface area (Å²) in [6, 6.07) is 18.3. The van der Waals surface area contributed by atoms with Gasteiger partial charge in [0.1, 0.15) is 5.75 Å². The fourth-order valence-corrected chi connectivity index (χ4v) is 3.91. The maximum absolute atomic E-state index is 12.5. The summed E-state index contributed by atoms with van der Waals surface area (Å²) in [5, 5.41) is 2.18. The third-order valence-corrected chi connectivity index (χ3v) is 5.24. The van der Waals surface area contributed by atoms with Gasteiger partial charge in [-0.15, -0.1) is 0 Å². The maximum Gasteiger partial charge on any atom is 0.164 e. The molecule has 1 N–H and O–H groups in total. The number of ether oxygens (including phenoxy) is 1. The summed E-state index contributed by atoms with van der Waals surface area (Å²) in [7, 11) is 1.68. The van der Waals surface area contributed by atoms with Crippen molar-refractivity contribution in [2.75, 3.05) is 12.5 Å². The lowest BCUT2D eigenvalue weighted by molar-refractivity contribution is -0.116. The highest BCUT2D eigenvalue weighted by Gasteiger charge is 2.34. The Kier molecular flexibility index (Phi) is 4.71. The maximum atomic E-state index is 12.5. The van der Waals surface area contributed by atoms with Crippen molar-refractivity contribution in [2.45, 2.75) is 32.2 Å². The quantitative estimate of drug-likeness (QED) is 0.830. The van der Waals surface area contributed by atoms with Crippen LogP contribution in [0.4, 0.5) is 5.69 Å². The van der Waals surface area contributed by atoms with E-state index in [1.54, 1.807) is 7.11 Å².